The van der Waals surface area contributed by atoms with Crippen LogP contribution in [-0.2, 0) is 30.9 Å². The van der Waals surface area contributed by atoms with Crippen LogP contribution in [0.4, 0.5) is 10.5 Å². The Kier molecular flexibility index (Phi) is 7.16. The van der Waals surface area contributed by atoms with Gasteiger partial charge >= 0.3 is 6.03 Å². The van der Waals surface area contributed by atoms with Gasteiger partial charge in [0.1, 0.15) is 11.5 Å². The zero-order valence-electron chi connectivity index (χ0n) is 19.1. The van der Waals surface area contributed by atoms with Crippen LogP contribution in [-0.4, -0.2) is 60.7 Å². The van der Waals surface area contributed by atoms with Crippen molar-refractivity contribution in [2.75, 3.05) is 39.2 Å². The number of fused-ring (bicyclic) bond motifs is 1. The van der Waals surface area contributed by atoms with E-state index in [2.05, 4.69) is 27.1 Å². The first-order valence-electron chi connectivity index (χ1n) is 11.3. The zero-order valence-corrected chi connectivity index (χ0v) is 19.1. The number of nitrogens with one attached hydrogen (secondary N) is 2. The fourth-order valence-electron chi connectivity index (χ4n) is 4.47. The molecular weight excluding hydrogens is 410 g/mol. The van der Waals surface area contributed by atoms with E-state index in [9.17, 15) is 4.79 Å². The number of rotatable bonds is 7. The molecule has 0 radical (unpaired) electrons. The summed E-state index contributed by atoms with van der Waals surface area (Å²) >= 11 is 0. The van der Waals surface area contributed by atoms with Crippen molar-refractivity contribution in [1.29, 1.82) is 0 Å². The molecule has 0 bridgehead atoms. The fourth-order valence-corrected chi connectivity index (χ4v) is 4.47. The van der Waals surface area contributed by atoms with Crippen molar-refractivity contribution >= 4 is 11.7 Å². The van der Waals surface area contributed by atoms with E-state index >= 15 is 0 Å². The predicted molar refractivity (Wildman–Crippen MR) is 121 cm³/mol. The Bertz CT molecular complexity index is 937. The molecule has 9 heteroatoms. The maximum absolute atomic E-state index is 12.6. The molecular formula is C23H33N5O4. The molecule has 32 heavy (non-hydrogen) atoms. The largest absolute Gasteiger partial charge is 0.497 e. The molecule has 1 aromatic heterocycles. The second-order valence-corrected chi connectivity index (χ2v) is 8.21. The number of hydrogen-bond acceptors (Lipinski definition) is 6. The Balaban J connectivity index is 1.29. The van der Waals surface area contributed by atoms with Crippen LogP contribution < -0.4 is 20.1 Å². The van der Waals surface area contributed by atoms with Crippen LogP contribution in [0.3, 0.4) is 0 Å². The number of nitrogens with zero attached hydrogens (tertiary/aromatic N) is 3. The Hall–Kier alpha value is -2.78. The summed E-state index contributed by atoms with van der Waals surface area (Å²) in [5, 5.41) is 10.8. The fraction of sp³-hybridized carbons (Fsp3) is 0.565. The number of carbonyl (C=O) groups is 1. The number of anilines is 1. The monoisotopic (exact) mass is 443 g/mol. The lowest BCUT2D eigenvalue weighted by Gasteiger charge is -2.32. The van der Waals surface area contributed by atoms with E-state index in [-0.39, 0.29) is 12.1 Å². The van der Waals surface area contributed by atoms with Crippen molar-refractivity contribution in [3.05, 3.63) is 35.2 Å². The number of urea groups is 1. The highest BCUT2D eigenvalue weighted by Crippen LogP contribution is 2.29. The van der Waals surface area contributed by atoms with Crippen LogP contribution >= 0.6 is 0 Å². The lowest BCUT2D eigenvalue weighted by Crippen LogP contribution is -2.45. The van der Waals surface area contributed by atoms with Gasteiger partial charge in [0.2, 0.25) is 0 Å². The summed E-state index contributed by atoms with van der Waals surface area (Å²) in [6.45, 7) is 7.13. The highest BCUT2D eigenvalue weighted by Gasteiger charge is 2.25. The van der Waals surface area contributed by atoms with E-state index < -0.39 is 0 Å². The van der Waals surface area contributed by atoms with Gasteiger partial charge in [0.25, 0.3) is 0 Å². The molecule has 2 amide bonds. The Morgan fingerprint density at radius 1 is 1.25 bits per heavy atom. The molecule has 2 aliphatic rings. The van der Waals surface area contributed by atoms with E-state index in [0.717, 1.165) is 57.7 Å². The van der Waals surface area contributed by atoms with Crippen molar-refractivity contribution in [2.45, 2.75) is 51.9 Å². The second-order valence-electron chi connectivity index (χ2n) is 8.21. The lowest BCUT2D eigenvalue weighted by molar-refractivity contribution is 0.107. The molecule has 0 saturated carbocycles. The number of aryl methyl sites for hydroxylation is 1. The van der Waals surface area contributed by atoms with Gasteiger partial charge in [0.05, 0.1) is 38.8 Å². The van der Waals surface area contributed by atoms with Gasteiger partial charge in [-0.3, -0.25) is 9.58 Å². The van der Waals surface area contributed by atoms with Gasteiger partial charge in [-0.1, -0.05) is 0 Å². The first-order valence-corrected chi connectivity index (χ1v) is 11.3. The molecule has 1 aromatic carbocycles. The maximum atomic E-state index is 12.6. The summed E-state index contributed by atoms with van der Waals surface area (Å²) in [6.07, 6.45) is 2.74. The summed E-state index contributed by atoms with van der Waals surface area (Å²) < 4.78 is 18.4. The number of aromatic nitrogens is 2. The molecule has 3 heterocycles. The van der Waals surface area contributed by atoms with Crippen LogP contribution in [0.5, 0.6) is 11.5 Å². The zero-order chi connectivity index (χ0) is 22.5. The minimum atomic E-state index is -0.233. The van der Waals surface area contributed by atoms with Gasteiger partial charge in [0.15, 0.2) is 0 Å². The lowest BCUT2D eigenvalue weighted by atomic mass is 10.0. The smallest absolute Gasteiger partial charge is 0.319 e. The van der Waals surface area contributed by atoms with Crippen LogP contribution in [0.15, 0.2) is 18.2 Å². The molecule has 2 aliphatic heterocycles. The summed E-state index contributed by atoms with van der Waals surface area (Å²) in [7, 11) is 3.17. The van der Waals surface area contributed by atoms with E-state index in [0.29, 0.717) is 23.8 Å². The highest BCUT2D eigenvalue weighted by atomic mass is 16.5. The van der Waals surface area contributed by atoms with Gasteiger partial charge in [-0.05, 0) is 31.9 Å². The average molecular weight is 444 g/mol. The van der Waals surface area contributed by atoms with Crippen molar-refractivity contribution in [1.82, 2.24) is 20.0 Å². The SMILES string of the molecule is CCn1nc(CN2CCC(NC(=O)Nc3cc(OC)ccc3OC)CC2)c2c1CCOC2. The predicted octanol–water partition coefficient (Wildman–Crippen LogP) is 2.78. The number of amides is 2. The maximum Gasteiger partial charge on any atom is 0.319 e. The standard InChI is InChI=1S/C23H33N5O4/c1-4-28-21-9-12-32-15-18(21)20(26-28)14-27-10-7-16(8-11-27)24-23(29)25-19-13-17(30-2)5-6-22(19)31-3/h5-6,13,16H,4,7-12,14-15H2,1-3H3,(H2,24,25,29). The Morgan fingerprint density at radius 3 is 2.78 bits per heavy atom. The molecule has 0 aliphatic carbocycles. The minimum absolute atomic E-state index is 0.133. The topological polar surface area (TPSA) is 89.9 Å². The van der Waals surface area contributed by atoms with Crippen LogP contribution in [0, 0.1) is 0 Å². The summed E-state index contributed by atoms with van der Waals surface area (Å²) in [5.41, 5.74) is 4.32. The van der Waals surface area contributed by atoms with Gasteiger partial charge in [-0.2, -0.15) is 5.10 Å². The van der Waals surface area contributed by atoms with E-state index in [1.807, 2.05) is 0 Å². The van der Waals surface area contributed by atoms with E-state index in [1.165, 1.54) is 11.3 Å². The molecule has 174 valence electrons. The molecule has 2 aromatic rings. The summed E-state index contributed by atoms with van der Waals surface area (Å²) in [6, 6.07) is 5.22. The Morgan fingerprint density at radius 2 is 2.06 bits per heavy atom. The molecule has 1 saturated heterocycles. The number of likely N-dealkylation sites (tertiary alicyclic amines) is 1. The quantitative estimate of drug-likeness (QED) is 0.684. The van der Waals surface area contributed by atoms with Gasteiger partial charge in [-0.25, -0.2) is 4.79 Å². The van der Waals surface area contributed by atoms with Crippen molar-refractivity contribution in [3.8, 4) is 11.5 Å². The number of piperidine rings is 1. The molecule has 1 fully saturated rings. The number of benzene rings is 1. The third-order valence-electron chi connectivity index (χ3n) is 6.23. The molecule has 9 nitrogen and oxygen atoms in total. The van der Waals surface area contributed by atoms with Crippen molar-refractivity contribution in [2.24, 2.45) is 0 Å². The third-order valence-corrected chi connectivity index (χ3v) is 6.23. The molecule has 4 rings (SSSR count). The van der Waals surface area contributed by atoms with Gasteiger partial charge in [-0.15, -0.1) is 0 Å². The highest BCUT2D eigenvalue weighted by molar-refractivity contribution is 5.91. The van der Waals surface area contributed by atoms with Gasteiger partial charge < -0.3 is 24.8 Å². The first kappa shape index (κ1) is 22.4. The van der Waals surface area contributed by atoms with E-state index in [1.54, 1.807) is 32.4 Å². The van der Waals surface area contributed by atoms with Crippen molar-refractivity contribution < 1.29 is 19.0 Å². The molecule has 2 N–H and O–H groups in total. The van der Waals surface area contributed by atoms with Crippen molar-refractivity contribution in [3.63, 3.8) is 0 Å². The van der Waals surface area contributed by atoms with Crippen LogP contribution in [0.25, 0.3) is 0 Å². The molecule has 0 unspecified atom stereocenters. The number of hydrogen-bond donors (Lipinski definition) is 2. The van der Waals surface area contributed by atoms with Gasteiger partial charge in [0, 0.05) is 56.0 Å². The number of methoxy groups -OCH3 is 2. The minimum Gasteiger partial charge on any atom is -0.497 e. The second kappa shape index (κ2) is 10.2. The number of carbonyl (C=O) groups excluding carboxylic acids is 1. The normalized spacial score (nSPS) is 17.0. The van der Waals surface area contributed by atoms with Crippen LogP contribution in [0.2, 0.25) is 0 Å². The summed E-state index contributed by atoms with van der Waals surface area (Å²) in [4.78, 5) is 15.0. The first-order chi connectivity index (χ1) is 15.6. The van der Waals surface area contributed by atoms with E-state index in [4.69, 9.17) is 19.3 Å². The van der Waals surface area contributed by atoms with Crippen LogP contribution in [0.1, 0.15) is 36.7 Å². The average Bonchev–Trinajstić information content (AvgIpc) is 3.18. The third kappa shape index (κ3) is 4.99. The Labute approximate surface area is 189 Å². The number of ether oxygens (including phenoxy) is 3. The molecule has 0 atom stereocenters. The summed E-state index contributed by atoms with van der Waals surface area (Å²) in [5.74, 6) is 1.25. The molecule has 0 spiro atoms.